The Kier molecular flexibility index (Phi) is 6.10. The Balaban J connectivity index is 1.68. The summed E-state index contributed by atoms with van der Waals surface area (Å²) in [6.45, 7) is 5.59. The molecular formula is C20H21N5O2S. The number of rotatable bonds is 5. The van der Waals surface area contributed by atoms with E-state index in [2.05, 4.69) is 20.8 Å². The van der Waals surface area contributed by atoms with E-state index in [0.717, 1.165) is 17.1 Å². The molecule has 0 saturated heterocycles. The molecule has 1 atom stereocenters. The monoisotopic (exact) mass is 395 g/mol. The number of aromatic nitrogens is 3. The van der Waals surface area contributed by atoms with Crippen molar-refractivity contribution in [2.45, 2.75) is 31.2 Å². The normalized spacial score (nSPS) is 11.7. The zero-order valence-electron chi connectivity index (χ0n) is 15.8. The fraction of sp³-hybridized carbons (Fsp3) is 0.200. The maximum Gasteiger partial charge on any atom is 0.325 e. The number of para-hydroxylation sites is 2. The van der Waals surface area contributed by atoms with E-state index in [1.807, 2.05) is 48.7 Å². The number of imide groups is 1. The minimum atomic E-state index is -0.569. The number of amides is 3. The molecule has 0 bridgehead atoms. The molecule has 0 fully saturated rings. The molecule has 0 saturated carbocycles. The van der Waals surface area contributed by atoms with E-state index in [1.165, 1.54) is 11.8 Å². The largest absolute Gasteiger partial charge is 0.325 e. The van der Waals surface area contributed by atoms with Crippen LogP contribution in [0, 0.1) is 13.8 Å². The predicted molar refractivity (Wildman–Crippen MR) is 110 cm³/mol. The topological polar surface area (TPSA) is 88.9 Å². The molecule has 0 spiro atoms. The third kappa shape index (κ3) is 4.58. The lowest BCUT2D eigenvalue weighted by atomic mass is 10.2. The SMILES string of the molecule is Cc1ccccc1-n1c(C)nnc1SC(C)C(=O)NC(=O)Nc1ccccc1. The summed E-state index contributed by atoms with van der Waals surface area (Å²) in [5.74, 6) is 0.321. The van der Waals surface area contributed by atoms with Crippen LogP contribution in [0.5, 0.6) is 0 Å². The molecule has 7 nitrogen and oxygen atoms in total. The smallest absolute Gasteiger partial charge is 0.308 e. The van der Waals surface area contributed by atoms with E-state index in [0.29, 0.717) is 10.8 Å². The van der Waals surface area contributed by atoms with Gasteiger partial charge in [0.1, 0.15) is 5.82 Å². The van der Waals surface area contributed by atoms with Crippen LogP contribution in [-0.4, -0.2) is 32.0 Å². The highest BCUT2D eigenvalue weighted by Crippen LogP contribution is 2.27. The van der Waals surface area contributed by atoms with Gasteiger partial charge >= 0.3 is 6.03 Å². The van der Waals surface area contributed by atoms with Crippen molar-refractivity contribution in [2.75, 3.05) is 5.32 Å². The number of hydrogen-bond donors (Lipinski definition) is 2. The van der Waals surface area contributed by atoms with Crippen molar-refractivity contribution in [3.05, 3.63) is 66.0 Å². The summed E-state index contributed by atoms with van der Waals surface area (Å²) in [5.41, 5.74) is 2.65. The minimum Gasteiger partial charge on any atom is -0.308 e. The average molecular weight is 395 g/mol. The number of benzene rings is 2. The highest BCUT2D eigenvalue weighted by molar-refractivity contribution is 8.00. The van der Waals surface area contributed by atoms with Crippen LogP contribution in [0.1, 0.15) is 18.3 Å². The van der Waals surface area contributed by atoms with E-state index in [9.17, 15) is 9.59 Å². The molecular weight excluding hydrogens is 374 g/mol. The average Bonchev–Trinajstić information content (AvgIpc) is 3.03. The van der Waals surface area contributed by atoms with Crippen LogP contribution in [0.15, 0.2) is 59.8 Å². The maximum atomic E-state index is 12.4. The standard InChI is InChI=1S/C20H21N5O2S/c1-13-9-7-8-12-17(13)25-15(3)23-24-20(25)28-14(2)18(26)22-19(27)21-16-10-5-4-6-11-16/h4-12,14H,1-3H3,(H2,21,22,26,27). The highest BCUT2D eigenvalue weighted by atomic mass is 32.2. The number of anilines is 1. The summed E-state index contributed by atoms with van der Waals surface area (Å²) >= 11 is 1.25. The van der Waals surface area contributed by atoms with Crippen LogP contribution < -0.4 is 10.6 Å². The molecule has 0 aliphatic rings. The van der Waals surface area contributed by atoms with Gasteiger partial charge in [0, 0.05) is 5.69 Å². The minimum absolute atomic E-state index is 0.407. The molecule has 144 valence electrons. The van der Waals surface area contributed by atoms with Crippen LogP contribution >= 0.6 is 11.8 Å². The highest BCUT2D eigenvalue weighted by Gasteiger charge is 2.22. The molecule has 2 N–H and O–H groups in total. The van der Waals surface area contributed by atoms with Gasteiger partial charge in [0.15, 0.2) is 5.16 Å². The lowest BCUT2D eigenvalue weighted by molar-refractivity contribution is -0.119. The van der Waals surface area contributed by atoms with Gasteiger partial charge in [0.05, 0.1) is 10.9 Å². The Morgan fingerprint density at radius 3 is 2.39 bits per heavy atom. The second kappa shape index (κ2) is 8.71. The summed E-state index contributed by atoms with van der Waals surface area (Å²) in [7, 11) is 0. The molecule has 2 aromatic carbocycles. The molecule has 1 unspecified atom stereocenters. The molecule has 3 aromatic rings. The van der Waals surface area contributed by atoms with Crippen molar-refractivity contribution in [3.63, 3.8) is 0 Å². The van der Waals surface area contributed by atoms with Crippen molar-refractivity contribution >= 4 is 29.4 Å². The summed E-state index contributed by atoms with van der Waals surface area (Å²) < 4.78 is 1.91. The van der Waals surface area contributed by atoms with Crippen LogP contribution in [0.2, 0.25) is 0 Å². The number of nitrogens with zero attached hydrogens (tertiary/aromatic N) is 3. The van der Waals surface area contributed by atoms with Crippen molar-refractivity contribution < 1.29 is 9.59 Å². The molecule has 0 aliphatic carbocycles. The first-order valence-corrected chi connectivity index (χ1v) is 9.65. The van der Waals surface area contributed by atoms with Gasteiger partial charge in [-0.15, -0.1) is 10.2 Å². The van der Waals surface area contributed by atoms with Crippen molar-refractivity contribution in [3.8, 4) is 5.69 Å². The van der Waals surface area contributed by atoms with E-state index >= 15 is 0 Å². The zero-order chi connectivity index (χ0) is 20.1. The number of urea groups is 1. The Morgan fingerprint density at radius 1 is 1.00 bits per heavy atom. The fourth-order valence-corrected chi connectivity index (χ4v) is 3.53. The van der Waals surface area contributed by atoms with Crippen LogP contribution in [-0.2, 0) is 4.79 Å². The van der Waals surface area contributed by atoms with Gasteiger partial charge in [0.2, 0.25) is 5.91 Å². The number of carbonyl (C=O) groups is 2. The zero-order valence-corrected chi connectivity index (χ0v) is 16.7. The van der Waals surface area contributed by atoms with Crippen molar-refractivity contribution in [1.29, 1.82) is 0 Å². The molecule has 1 heterocycles. The third-order valence-electron chi connectivity index (χ3n) is 4.07. The maximum absolute atomic E-state index is 12.4. The van der Waals surface area contributed by atoms with Gasteiger partial charge in [-0.3, -0.25) is 14.7 Å². The van der Waals surface area contributed by atoms with E-state index in [1.54, 1.807) is 31.2 Å². The van der Waals surface area contributed by atoms with Gasteiger partial charge in [-0.1, -0.05) is 48.2 Å². The van der Waals surface area contributed by atoms with Gasteiger partial charge in [0.25, 0.3) is 0 Å². The lowest BCUT2D eigenvalue weighted by Gasteiger charge is -2.14. The molecule has 0 radical (unpaired) electrons. The van der Waals surface area contributed by atoms with Gasteiger partial charge in [-0.2, -0.15) is 0 Å². The molecule has 3 rings (SSSR count). The van der Waals surface area contributed by atoms with Crippen LogP contribution in [0.4, 0.5) is 10.5 Å². The van der Waals surface area contributed by atoms with Crippen LogP contribution in [0.25, 0.3) is 5.69 Å². The lowest BCUT2D eigenvalue weighted by Crippen LogP contribution is -2.38. The van der Waals surface area contributed by atoms with Gasteiger partial charge < -0.3 is 5.32 Å². The summed E-state index contributed by atoms with van der Waals surface area (Å²) in [4.78, 5) is 24.5. The summed E-state index contributed by atoms with van der Waals surface area (Å²) in [6, 6.07) is 16.3. The van der Waals surface area contributed by atoms with Crippen molar-refractivity contribution in [2.24, 2.45) is 0 Å². The van der Waals surface area contributed by atoms with Gasteiger partial charge in [-0.05, 0) is 44.5 Å². The summed E-state index contributed by atoms with van der Waals surface area (Å²) in [6.07, 6.45) is 0. The molecule has 0 aliphatic heterocycles. The fourth-order valence-electron chi connectivity index (χ4n) is 2.62. The Bertz CT molecular complexity index is 987. The summed E-state index contributed by atoms with van der Waals surface area (Å²) in [5, 5.41) is 13.4. The predicted octanol–water partition coefficient (Wildman–Crippen LogP) is 3.71. The molecule has 28 heavy (non-hydrogen) atoms. The number of carbonyl (C=O) groups excluding carboxylic acids is 2. The van der Waals surface area contributed by atoms with E-state index in [-0.39, 0.29) is 0 Å². The number of hydrogen-bond acceptors (Lipinski definition) is 5. The first-order valence-electron chi connectivity index (χ1n) is 8.77. The number of aryl methyl sites for hydroxylation is 2. The second-order valence-corrected chi connectivity index (χ2v) is 7.53. The Labute approximate surface area is 167 Å². The quantitative estimate of drug-likeness (QED) is 0.643. The Morgan fingerprint density at radius 2 is 1.68 bits per heavy atom. The Hall–Kier alpha value is -3.13. The van der Waals surface area contributed by atoms with Crippen molar-refractivity contribution in [1.82, 2.24) is 20.1 Å². The van der Waals surface area contributed by atoms with Crippen LogP contribution in [0.3, 0.4) is 0 Å². The molecule has 8 heteroatoms. The number of thioether (sulfide) groups is 1. The third-order valence-corrected chi connectivity index (χ3v) is 5.11. The molecule has 1 aromatic heterocycles. The number of nitrogens with one attached hydrogen (secondary N) is 2. The first kappa shape index (κ1) is 19.6. The van der Waals surface area contributed by atoms with E-state index in [4.69, 9.17) is 0 Å². The first-order chi connectivity index (χ1) is 13.5. The van der Waals surface area contributed by atoms with Gasteiger partial charge in [-0.25, -0.2) is 4.79 Å². The molecule has 3 amide bonds. The second-order valence-electron chi connectivity index (χ2n) is 6.22. The van der Waals surface area contributed by atoms with E-state index < -0.39 is 17.2 Å².